The lowest BCUT2D eigenvalue weighted by Gasteiger charge is -2.26. The largest absolute Gasteiger partial charge is 0.444 e. The molecule has 0 saturated carbocycles. The van der Waals surface area contributed by atoms with Crippen LogP contribution >= 0.6 is 0 Å². The van der Waals surface area contributed by atoms with Gasteiger partial charge in [0, 0.05) is 36.3 Å². The summed E-state index contributed by atoms with van der Waals surface area (Å²) < 4.78 is 7.97. The number of nitrogens with zero attached hydrogens (tertiary/aromatic N) is 2. The van der Waals surface area contributed by atoms with Crippen LogP contribution in [0.25, 0.3) is 10.9 Å². The van der Waals surface area contributed by atoms with Crippen LogP contribution in [0, 0.1) is 5.41 Å². The molecule has 1 aromatic carbocycles. The zero-order chi connectivity index (χ0) is 16.2. The molecule has 1 amide bonds. The van der Waals surface area contributed by atoms with Gasteiger partial charge in [0.25, 0.3) is 0 Å². The molecular weight excluding hydrogens is 288 g/mol. The van der Waals surface area contributed by atoms with Crippen LogP contribution in [0.15, 0.2) is 30.3 Å². The highest BCUT2D eigenvalue weighted by atomic mass is 16.6. The van der Waals surface area contributed by atoms with Crippen LogP contribution in [-0.4, -0.2) is 34.3 Å². The SMILES string of the molecule is CC(C)(C)OC(=O)N1CCC2(Cc3cc4ccccc4n3C2)C1. The van der Waals surface area contributed by atoms with Crippen molar-refractivity contribution in [2.75, 3.05) is 13.1 Å². The van der Waals surface area contributed by atoms with Gasteiger partial charge in [0.1, 0.15) is 5.60 Å². The quantitative estimate of drug-likeness (QED) is 0.741. The van der Waals surface area contributed by atoms with E-state index in [0.717, 1.165) is 32.5 Å². The molecule has 4 heteroatoms. The van der Waals surface area contributed by atoms with Crippen LogP contribution < -0.4 is 0 Å². The summed E-state index contributed by atoms with van der Waals surface area (Å²) in [7, 11) is 0. The summed E-state index contributed by atoms with van der Waals surface area (Å²) in [6, 6.07) is 10.9. The molecule has 4 nitrogen and oxygen atoms in total. The maximum atomic E-state index is 12.3. The minimum atomic E-state index is -0.427. The summed E-state index contributed by atoms with van der Waals surface area (Å²) in [6.45, 7) is 8.38. The highest BCUT2D eigenvalue weighted by Crippen LogP contribution is 2.43. The van der Waals surface area contributed by atoms with Crippen LogP contribution in [0.3, 0.4) is 0 Å². The highest BCUT2D eigenvalue weighted by molar-refractivity contribution is 5.81. The van der Waals surface area contributed by atoms with Crippen molar-refractivity contribution in [2.24, 2.45) is 5.41 Å². The van der Waals surface area contributed by atoms with Crippen molar-refractivity contribution in [1.82, 2.24) is 9.47 Å². The maximum absolute atomic E-state index is 12.3. The second-order valence-corrected chi connectivity index (χ2v) is 8.11. The number of hydrogen-bond donors (Lipinski definition) is 0. The smallest absolute Gasteiger partial charge is 0.410 e. The number of para-hydroxylation sites is 1. The summed E-state index contributed by atoms with van der Waals surface area (Å²) in [6.07, 6.45) is 1.94. The number of ether oxygens (including phenoxy) is 1. The van der Waals surface area contributed by atoms with Gasteiger partial charge in [0.15, 0.2) is 0 Å². The molecule has 1 aromatic heterocycles. The van der Waals surface area contributed by atoms with Gasteiger partial charge in [-0.05, 0) is 51.1 Å². The summed E-state index contributed by atoms with van der Waals surface area (Å²) in [5.41, 5.74) is 2.48. The van der Waals surface area contributed by atoms with Gasteiger partial charge in [0.05, 0.1) is 0 Å². The van der Waals surface area contributed by atoms with E-state index in [9.17, 15) is 4.79 Å². The molecule has 0 aliphatic carbocycles. The van der Waals surface area contributed by atoms with Crippen molar-refractivity contribution >= 4 is 17.0 Å². The predicted octanol–water partition coefficient (Wildman–Crippen LogP) is 3.82. The van der Waals surface area contributed by atoms with Gasteiger partial charge < -0.3 is 14.2 Å². The third-order valence-electron chi connectivity index (χ3n) is 5.04. The first-order valence-electron chi connectivity index (χ1n) is 8.40. The number of fused-ring (bicyclic) bond motifs is 3. The second kappa shape index (κ2) is 4.76. The minimum Gasteiger partial charge on any atom is -0.444 e. The van der Waals surface area contributed by atoms with Crippen molar-refractivity contribution in [3.05, 3.63) is 36.0 Å². The number of rotatable bonds is 0. The molecule has 0 N–H and O–H groups in total. The Morgan fingerprint density at radius 3 is 2.78 bits per heavy atom. The van der Waals surface area contributed by atoms with Crippen LogP contribution in [0.2, 0.25) is 0 Å². The average Bonchev–Trinajstić information content (AvgIpc) is 3.11. The molecule has 23 heavy (non-hydrogen) atoms. The zero-order valence-corrected chi connectivity index (χ0v) is 14.1. The molecule has 2 aliphatic rings. The van der Waals surface area contributed by atoms with Gasteiger partial charge in [-0.15, -0.1) is 0 Å². The first-order chi connectivity index (χ1) is 10.9. The molecule has 0 radical (unpaired) electrons. The Balaban J connectivity index is 1.52. The van der Waals surface area contributed by atoms with E-state index >= 15 is 0 Å². The fraction of sp³-hybridized carbons (Fsp3) is 0.526. The van der Waals surface area contributed by atoms with Gasteiger partial charge in [-0.2, -0.15) is 0 Å². The van der Waals surface area contributed by atoms with Crippen LogP contribution in [0.4, 0.5) is 4.79 Å². The number of carbonyl (C=O) groups is 1. The van der Waals surface area contributed by atoms with Gasteiger partial charge in [0.2, 0.25) is 0 Å². The lowest BCUT2D eigenvalue weighted by molar-refractivity contribution is 0.0272. The normalized spacial score (nSPS) is 23.7. The van der Waals surface area contributed by atoms with E-state index in [0.29, 0.717) is 0 Å². The highest BCUT2D eigenvalue weighted by Gasteiger charge is 2.45. The number of benzene rings is 1. The third-order valence-corrected chi connectivity index (χ3v) is 5.04. The maximum Gasteiger partial charge on any atom is 0.410 e. The monoisotopic (exact) mass is 312 g/mol. The molecular formula is C19H24N2O2. The molecule has 1 atom stereocenters. The minimum absolute atomic E-state index is 0.171. The zero-order valence-electron chi connectivity index (χ0n) is 14.1. The molecule has 2 aliphatic heterocycles. The topological polar surface area (TPSA) is 34.5 Å². The second-order valence-electron chi connectivity index (χ2n) is 8.11. The van der Waals surface area contributed by atoms with E-state index in [1.807, 2.05) is 25.7 Å². The van der Waals surface area contributed by atoms with Gasteiger partial charge in [-0.25, -0.2) is 4.79 Å². The Labute approximate surface area is 137 Å². The molecule has 3 heterocycles. The fourth-order valence-electron chi connectivity index (χ4n) is 4.07. The summed E-state index contributed by atoms with van der Waals surface area (Å²) in [5.74, 6) is 0. The Hall–Kier alpha value is -1.97. The standard InChI is InChI=1S/C19H24N2O2/c1-18(2,3)23-17(22)20-9-8-19(12-20)11-15-10-14-6-4-5-7-16(14)21(15)13-19/h4-7,10H,8-9,11-13H2,1-3H3. The van der Waals surface area contributed by atoms with Crippen LogP contribution in [0.1, 0.15) is 32.9 Å². The van der Waals surface area contributed by atoms with Crippen molar-refractivity contribution in [1.29, 1.82) is 0 Å². The molecule has 122 valence electrons. The molecule has 2 aromatic rings. The van der Waals surface area contributed by atoms with Gasteiger partial charge in [-0.1, -0.05) is 18.2 Å². The number of carbonyl (C=O) groups excluding carboxylic acids is 1. The Morgan fingerprint density at radius 1 is 1.22 bits per heavy atom. The Kier molecular flexibility index (Phi) is 3.03. The van der Waals surface area contributed by atoms with Crippen molar-refractivity contribution in [3.8, 4) is 0 Å². The number of aromatic nitrogens is 1. The van der Waals surface area contributed by atoms with Crippen LogP contribution in [0.5, 0.6) is 0 Å². The van der Waals surface area contributed by atoms with Crippen molar-refractivity contribution in [3.63, 3.8) is 0 Å². The lowest BCUT2D eigenvalue weighted by atomic mass is 9.85. The van der Waals surface area contributed by atoms with E-state index < -0.39 is 5.60 Å². The van der Waals surface area contributed by atoms with Crippen molar-refractivity contribution in [2.45, 2.75) is 45.8 Å². The first-order valence-corrected chi connectivity index (χ1v) is 8.40. The van der Waals surface area contributed by atoms with E-state index in [2.05, 4.69) is 34.9 Å². The lowest BCUT2D eigenvalue weighted by Crippen LogP contribution is -2.37. The van der Waals surface area contributed by atoms with E-state index in [1.165, 1.54) is 16.6 Å². The van der Waals surface area contributed by atoms with Gasteiger partial charge >= 0.3 is 6.09 Å². The molecule has 1 unspecified atom stereocenters. The number of amides is 1. The van der Waals surface area contributed by atoms with E-state index in [-0.39, 0.29) is 11.5 Å². The number of hydrogen-bond acceptors (Lipinski definition) is 2. The van der Waals surface area contributed by atoms with Crippen LogP contribution in [-0.2, 0) is 17.7 Å². The Morgan fingerprint density at radius 2 is 2.00 bits per heavy atom. The first kappa shape index (κ1) is 14.6. The molecule has 1 spiro atoms. The molecule has 1 fully saturated rings. The summed E-state index contributed by atoms with van der Waals surface area (Å²) in [4.78, 5) is 14.2. The Bertz CT molecular complexity index is 771. The molecule has 0 bridgehead atoms. The summed E-state index contributed by atoms with van der Waals surface area (Å²) >= 11 is 0. The third kappa shape index (κ3) is 2.50. The van der Waals surface area contributed by atoms with E-state index in [4.69, 9.17) is 4.74 Å². The predicted molar refractivity (Wildman–Crippen MR) is 90.5 cm³/mol. The van der Waals surface area contributed by atoms with E-state index in [1.54, 1.807) is 0 Å². The fourth-order valence-corrected chi connectivity index (χ4v) is 4.07. The number of likely N-dealkylation sites (tertiary alicyclic amines) is 1. The van der Waals surface area contributed by atoms with Crippen molar-refractivity contribution < 1.29 is 9.53 Å². The average molecular weight is 312 g/mol. The molecule has 4 rings (SSSR count). The van der Waals surface area contributed by atoms with Gasteiger partial charge in [-0.3, -0.25) is 0 Å². The molecule has 1 saturated heterocycles. The summed E-state index contributed by atoms with van der Waals surface area (Å²) in [5, 5.41) is 1.32.